The van der Waals surface area contributed by atoms with Gasteiger partial charge in [-0.1, -0.05) is 6.07 Å². The van der Waals surface area contributed by atoms with E-state index in [-0.39, 0.29) is 11.1 Å². The summed E-state index contributed by atoms with van der Waals surface area (Å²) in [7, 11) is 2.65. The molecule has 29 heavy (non-hydrogen) atoms. The first-order valence-corrected chi connectivity index (χ1v) is 8.89. The number of aryl methyl sites for hydroxylation is 2. The lowest BCUT2D eigenvalue weighted by Gasteiger charge is -2.28. The van der Waals surface area contributed by atoms with Gasteiger partial charge in [-0.25, -0.2) is 9.59 Å². The van der Waals surface area contributed by atoms with Crippen LogP contribution in [0.4, 0.5) is 4.79 Å². The van der Waals surface area contributed by atoms with E-state index in [2.05, 4.69) is 0 Å². The van der Waals surface area contributed by atoms with Gasteiger partial charge < -0.3 is 9.67 Å². The van der Waals surface area contributed by atoms with E-state index >= 15 is 0 Å². The van der Waals surface area contributed by atoms with Crippen molar-refractivity contribution in [1.82, 2.24) is 14.4 Å². The highest BCUT2D eigenvalue weighted by atomic mass is 16.4. The van der Waals surface area contributed by atoms with E-state index < -0.39 is 23.8 Å². The maximum absolute atomic E-state index is 12.5. The number of carboxylic acids is 1. The zero-order valence-corrected chi connectivity index (χ0v) is 16.8. The molecule has 1 aliphatic heterocycles. The van der Waals surface area contributed by atoms with Gasteiger partial charge in [-0.2, -0.15) is 0 Å². The molecule has 1 aromatic carbocycles. The molecule has 2 heterocycles. The number of nitrogens with zero attached hydrogens (tertiary/aromatic N) is 3. The van der Waals surface area contributed by atoms with Crippen LogP contribution in [0, 0.1) is 20.8 Å². The molecule has 8 nitrogen and oxygen atoms in total. The maximum Gasteiger partial charge on any atom is 0.335 e. The number of aromatic nitrogens is 1. The van der Waals surface area contributed by atoms with Gasteiger partial charge >= 0.3 is 12.0 Å². The molecule has 1 N–H and O–H groups in total. The van der Waals surface area contributed by atoms with E-state index in [9.17, 15) is 24.3 Å². The Bertz CT molecular complexity index is 1080. The standard InChI is InChI=1S/C21H21N3O5/c1-11-6-7-14(20(27)28)10-17(11)24-12(2)8-15(13(24)3)9-16-18(25)22(4)21(29)23(5)19(16)26/h6-10H,1-5H3,(H,27,28). The largest absolute Gasteiger partial charge is 0.478 e. The summed E-state index contributed by atoms with van der Waals surface area (Å²) < 4.78 is 1.88. The molecule has 0 saturated carbocycles. The second-order valence-corrected chi connectivity index (χ2v) is 7.04. The van der Waals surface area contributed by atoms with Crippen molar-refractivity contribution in [2.45, 2.75) is 20.8 Å². The fourth-order valence-electron chi connectivity index (χ4n) is 3.42. The Morgan fingerprint density at radius 3 is 2.10 bits per heavy atom. The van der Waals surface area contributed by atoms with Crippen molar-refractivity contribution in [1.29, 1.82) is 0 Å². The molecule has 1 saturated heterocycles. The monoisotopic (exact) mass is 395 g/mol. The molecular formula is C21H21N3O5. The number of carbonyl (C=O) groups excluding carboxylic acids is 3. The van der Waals surface area contributed by atoms with Crippen molar-refractivity contribution in [3.05, 3.63) is 57.9 Å². The Balaban J connectivity index is 2.14. The van der Waals surface area contributed by atoms with Gasteiger partial charge in [0.25, 0.3) is 11.8 Å². The number of carbonyl (C=O) groups is 4. The third-order valence-corrected chi connectivity index (χ3v) is 5.11. The minimum absolute atomic E-state index is 0.106. The first-order chi connectivity index (χ1) is 13.5. The van der Waals surface area contributed by atoms with E-state index in [1.165, 1.54) is 20.2 Å². The zero-order chi connectivity index (χ0) is 21.6. The lowest BCUT2D eigenvalue weighted by atomic mass is 10.1. The number of hydrogen-bond acceptors (Lipinski definition) is 4. The van der Waals surface area contributed by atoms with Gasteiger partial charge in [-0.05, 0) is 56.2 Å². The summed E-state index contributed by atoms with van der Waals surface area (Å²) in [5.74, 6) is -2.34. The molecule has 150 valence electrons. The Hall–Kier alpha value is -3.68. The van der Waals surface area contributed by atoms with Crippen LogP contribution in [0.5, 0.6) is 0 Å². The normalized spacial score (nSPS) is 14.7. The summed E-state index contributed by atoms with van der Waals surface area (Å²) in [4.78, 5) is 50.0. The first-order valence-electron chi connectivity index (χ1n) is 8.89. The van der Waals surface area contributed by atoms with E-state index in [1.807, 2.05) is 31.4 Å². The van der Waals surface area contributed by atoms with Crippen LogP contribution in [0.3, 0.4) is 0 Å². The highest BCUT2D eigenvalue weighted by molar-refractivity contribution is 6.30. The summed E-state index contributed by atoms with van der Waals surface area (Å²) >= 11 is 0. The molecule has 1 aromatic heterocycles. The van der Waals surface area contributed by atoms with Crippen LogP contribution >= 0.6 is 0 Å². The number of amides is 4. The minimum Gasteiger partial charge on any atom is -0.478 e. The van der Waals surface area contributed by atoms with Gasteiger partial charge in [0.1, 0.15) is 5.57 Å². The number of imide groups is 2. The van der Waals surface area contributed by atoms with Crippen LogP contribution in [0.1, 0.15) is 32.9 Å². The van der Waals surface area contributed by atoms with Crippen molar-refractivity contribution in [3.63, 3.8) is 0 Å². The zero-order valence-electron chi connectivity index (χ0n) is 16.8. The molecule has 0 aliphatic carbocycles. The van der Waals surface area contributed by atoms with Crippen molar-refractivity contribution in [2.24, 2.45) is 0 Å². The summed E-state index contributed by atoms with van der Waals surface area (Å²) in [6, 6.07) is 6.00. The van der Waals surface area contributed by atoms with E-state index in [0.717, 1.165) is 26.8 Å². The molecule has 8 heteroatoms. The molecule has 0 unspecified atom stereocenters. The fraction of sp³-hybridized carbons (Fsp3) is 0.238. The van der Waals surface area contributed by atoms with Crippen LogP contribution in [0.2, 0.25) is 0 Å². The quantitative estimate of drug-likeness (QED) is 0.636. The summed E-state index contributed by atoms with van der Waals surface area (Å²) in [6.45, 7) is 5.55. The van der Waals surface area contributed by atoms with Gasteiger partial charge in [0.2, 0.25) is 0 Å². The number of aromatic carboxylic acids is 1. The van der Waals surface area contributed by atoms with Crippen LogP contribution in [-0.4, -0.2) is 57.4 Å². The molecule has 0 bridgehead atoms. The van der Waals surface area contributed by atoms with E-state index in [1.54, 1.807) is 18.2 Å². The number of rotatable bonds is 3. The second-order valence-electron chi connectivity index (χ2n) is 7.04. The third kappa shape index (κ3) is 3.22. The first kappa shape index (κ1) is 20.1. The lowest BCUT2D eigenvalue weighted by Crippen LogP contribution is -2.52. The number of hydrogen-bond donors (Lipinski definition) is 1. The molecule has 0 spiro atoms. The molecule has 2 aromatic rings. The average Bonchev–Trinajstić information content (AvgIpc) is 2.95. The van der Waals surface area contributed by atoms with Gasteiger partial charge in [-0.3, -0.25) is 19.4 Å². The number of carboxylic acid groups (broad SMARTS) is 1. The summed E-state index contributed by atoms with van der Waals surface area (Å²) in [6.07, 6.45) is 1.47. The van der Waals surface area contributed by atoms with Crippen molar-refractivity contribution >= 4 is 29.9 Å². The highest BCUT2D eigenvalue weighted by Crippen LogP contribution is 2.27. The van der Waals surface area contributed by atoms with Crippen LogP contribution in [0.25, 0.3) is 11.8 Å². The smallest absolute Gasteiger partial charge is 0.335 e. The van der Waals surface area contributed by atoms with Gasteiger partial charge in [0, 0.05) is 31.2 Å². The van der Waals surface area contributed by atoms with E-state index in [0.29, 0.717) is 11.3 Å². The SMILES string of the molecule is Cc1ccc(C(=O)O)cc1-n1c(C)cc(C=C2C(=O)N(C)C(=O)N(C)C2=O)c1C. The van der Waals surface area contributed by atoms with Crippen LogP contribution in [0.15, 0.2) is 29.8 Å². The Morgan fingerprint density at radius 2 is 1.55 bits per heavy atom. The molecule has 3 rings (SSSR count). The van der Waals surface area contributed by atoms with Crippen molar-refractivity contribution in [3.8, 4) is 5.69 Å². The molecule has 0 atom stereocenters. The maximum atomic E-state index is 12.5. The van der Waals surface area contributed by atoms with E-state index in [4.69, 9.17) is 0 Å². The number of likely N-dealkylation sites (N-methyl/N-ethyl adjacent to an activating group) is 2. The summed E-state index contributed by atoms with van der Waals surface area (Å²) in [5.41, 5.74) is 3.83. The summed E-state index contributed by atoms with van der Waals surface area (Å²) in [5, 5.41) is 9.31. The molecule has 1 aliphatic rings. The predicted octanol–water partition coefficient (Wildman–Crippen LogP) is 2.53. The van der Waals surface area contributed by atoms with Gasteiger partial charge in [0.15, 0.2) is 0 Å². The molecule has 0 radical (unpaired) electrons. The van der Waals surface area contributed by atoms with Crippen molar-refractivity contribution < 1.29 is 24.3 Å². The van der Waals surface area contributed by atoms with Crippen molar-refractivity contribution in [2.75, 3.05) is 14.1 Å². The number of urea groups is 1. The Morgan fingerprint density at radius 1 is 0.966 bits per heavy atom. The number of benzene rings is 1. The lowest BCUT2D eigenvalue weighted by molar-refractivity contribution is -0.134. The average molecular weight is 395 g/mol. The van der Waals surface area contributed by atoms with Crippen LogP contribution in [-0.2, 0) is 9.59 Å². The third-order valence-electron chi connectivity index (χ3n) is 5.11. The molecule has 4 amide bonds. The van der Waals surface area contributed by atoms with Gasteiger partial charge in [-0.15, -0.1) is 0 Å². The number of barbiturate groups is 1. The Kier molecular flexibility index (Phi) is 4.88. The predicted molar refractivity (Wildman–Crippen MR) is 106 cm³/mol. The Labute approximate surface area is 167 Å². The fourth-order valence-corrected chi connectivity index (χ4v) is 3.42. The molecule has 1 fully saturated rings. The van der Waals surface area contributed by atoms with Gasteiger partial charge in [0.05, 0.1) is 5.56 Å². The van der Waals surface area contributed by atoms with Crippen LogP contribution < -0.4 is 0 Å². The second kappa shape index (κ2) is 7.05. The molecular weight excluding hydrogens is 374 g/mol. The highest BCUT2D eigenvalue weighted by Gasteiger charge is 2.38. The topological polar surface area (TPSA) is 99.9 Å². The minimum atomic E-state index is -1.02.